The third-order valence-corrected chi connectivity index (χ3v) is 4.86. The highest BCUT2D eigenvalue weighted by molar-refractivity contribution is 5.78. The standard InChI is InChI=1S/C18H24N2O6/c1-4-24-17(23)11(2)13-9-15-18(25-7-8-26-18)5-6-20(15)16(22)14(13)10-19-12(3)21/h9,11H,4-8,10H2,1-3H3,(H,19,21). The molecule has 1 aromatic heterocycles. The fourth-order valence-electron chi connectivity index (χ4n) is 3.55. The van der Waals surface area contributed by atoms with Crippen molar-refractivity contribution in [2.24, 2.45) is 0 Å². The molecule has 1 unspecified atom stereocenters. The minimum Gasteiger partial charge on any atom is -0.466 e. The van der Waals surface area contributed by atoms with Gasteiger partial charge < -0.3 is 24.1 Å². The predicted octanol–water partition coefficient (Wildman–Crippen LogP) is 0.754. The zero-order valence-corrected chi connectivity index (χ0v) is 15.3. The molecule has 1 aromatic rings. The summed E-state index contributed by atoms with van der Waals surface area (Å²) >= 11 is 0. The fourth-order valence-corrected chi connectivity index (χ4v) is 3.55. The van der Waals surface area contributed by atoms with Crippen molar-refractivity contribution in [1.82, 2.24) is 9.88 Å². The van der Waals surface area contributed by atoms with Crippen LogP contribution in [-0.4, -0.2) is 36.3 Å². The van der Waals surface area contributed by atoms with Crippen LogP contribution in [-0.2, 0) is 42.7 Å². The molecule has 2 aliphatic heterocycles. The van der Waals surface area contributed by atoms with Gasteiger partial charge in [0.05, 0.1) is 31.4 Å². The lowest BCUT2D eigenvalue weighted by Crippen LogP contribution is -2.34. The van der Waals surface area contributed by atoms with Gasteiger partial charge in [-0.05, 0) is 25.5 Å². The molecule has 3 rings (SSSR count). The van der Waals surface area contributed by atoms with Crippen molar-refractivity contribution in [2.75, 3.05) is 19.8 Å². The number of pyridine rings is 1. The van der Waals surface area contributed by atoms with Gasteiger partial charge in [0.15, 0.2) is 0 Å². The number of rotatable bonds is 5. The maximum atomic E-state index is 13.1. The van der Waals surface area contributed by atoms with Crippen LogP contribution in [0.1, 0.15) is 49.9 Å². The normalized spacial score (nSPS) is 18.6. The average molecular weight is 364 g/mol. The summed E-state index contributed by atoms with van der Waals surface area (Å²) in [5, 5.41) is 2.65. The maximum absolute atomic E-state index is 13.1. The SMILES string of the molecule is CCOC(=O)C(C)c1cc2n(c(=O)c1CNC(C)=O)CCC21OCCO1. The fraction of sp³-hybridized carbons (Fsp3) is 0.611. The van der Waals surface area contributed by atoms with Gasteiger partial charge in [-0.2, -0.15) is 0 Å². The molecule has 1 spiro atoms. The van der Waals surface area contributed by atoms with Crippen molar-refractivity contribution in [2.45, 2.75) is 52.0 Å². The van der Waals surface area contributed by atoms with Crippen LogP contribution in [0.4, 0.5) is 0 Å². The Morgan fingerprint density at radius 2 is 2.08 bits per heavy atom. The van der Waals surface area contributed by atoms with Gasteiger partial charge in [0.1, 0.15) is 0 Å². The average Bonchev–Trinajstić information content (AvgIpc) is 3.22. The second-order valence-corrected chi connectivity index (χ2v) is 6.50. The number of carbonyl (C=O) groups is 2. The first-order valence-electron chi connectivity index (χ1n) is 8.85. The molecule has 1 saturated heterocycles. The molecule has 1 amide bonds. The second-order valence-electron chi connectivity index (χ2n) is 6.50. The molecule has 1 fully saturated rings. The smallest absolute Gasteiger partial charge is 0.313 e. The van der Waals surface area contributed by atoms with E-state index in [0.29, 0.717) is 43.0 Å². The van der Waals surface area contributed by atoms with Gasteiger partial charge >= 0.3 is 5.97 Å². The summed E-state index contributed by atoms with van der Waals surface area (Å²) in [6.45, 7) is 6.51. The molecule has 8 nitrogen and oxygen atoms in total. The van der Waals surface area contributed by atoms with E-state index in [9.17, 15) is 14.4 Å². The van der Waals surface area contributed by atoms with E-state index in [1.54, 1.807) is 24.5 Å². The Balaban J connectivity index is 2.10. The highest BCUT2D eigenvalue weighted by Gasteiger charge is 2.46. The van der Waals surface area contributed by atoms with E-state index in [0.717, 1.165) is 0 Å². The zero-order valence-electron chi connectivity index (χ0n) is 15.3. The molecular formula is C18H24N2O6. The van der Waals surface area contributed by atoms with Crippen LogP contribution in [0.3, 0.4) is 0 Å². The monoisotopic (exact) mass is 364 g/mol. The summed E-state index contributed by atoms with van der Waals surface area (Å²) < 4.78 is 18.3. The minimum atomic E-state index is -0.922. The first kappa shape index (κ1) is 18.6. The van der Waals surface area contributed by atoms with Gasteiger partial charge in [-0.1, -0.05) is 0 Å². The molecule has 0 bridgehead atoms. The van der Waals surface area contributed by atoms with Crippen molar-refractivity contribution in [1.29, 1.82) is 0 Å². The van der Waals surface area contributed by atoms with Crippen molar-refractivity contribution in [3.05, 3.63) is 33.2 Å². The molecule has 142 valence electrons. The Labute approximate surface area is 151 Å². The first-order valence-corrected chi connectivity index (χ1v) is 8.85. The third-order valence-electron chi connectivity index (χ3n) is 4.86. The lowest BCUT2D eigenvalue weighted by molar-refractivity contribution is -0.163. The van der Waals surface area contributed by atoms with Crippen LogP contribution in [0.5, 0.6) is 0 Å². The first-order chi connectivity index (χ1) is 12.4. The minimum absolute atomic E-state index is 0.0578. The summed E-state index contributed by atoms with van der Waals surface area (Å²) in [7, 11) is 0. The highest BCUT2D eigenvalue weighted by Crippen LogP contribution is 2.40. The number of hydrogen-bond donors (Lipinski definition) is 1. The predicted molar refractivity (Wildman–Crippen MR) is 91.5 cm³/mol. The molecule has 0 aromatic carbocycles. The van der Waals surface area contributed by atoms with E-state index >= 15 is 0 Å². The largest absolute Gasteiger partial charge is 0.466 e. The number of aromatic nitrogens is 1. The highest BCUT2D eigenvalue weighted by atomic mass is 16.7. The van der Waals surface area contributed by atoms with Gasteiger partial charge in [0.2, 0.25) is 11.7 Å². The van der Waals surface area contributed by atoms with Gasteiger partial charge in [-0.15, -0.1) is 0 Å². The van der Waals surface area contributed by atoms with Crippen LogP contribution < -0.4 is 10.9 Å². The summed E-state index contributed by atoms with van der Waals surface area (Å²) in [4.78, 5) is 36.7. The zero-order chi connectivity index (χ0) is 18.9. The van der Waals surface area contributed by atoms with E-state index in [4.69, 9.17) is 14.2 Å². The maximum Gasteiger partial charge on any atom is 0.313 e. The number of ether oxygens (including phenoxy) is 3. The van der Waals surface area contributed by atoms with Crippen molar-refractivity contribution >= 4 is 11.9 Å². The molecule has 1 atom stereocenters. The Morgan fingerprint density at radius 1 is 1.38 bits per heavy atom. The van der Waals surface area contributed by atoms with Crippen LogP contribution in [0.15, 0.2) is 10.9 Å². The molecule has 0 radical (unpaired) electrons. The van der Waals surface area contributed by atoms with Crippen LogP contribution in [0, 0.1) is 0 Å². The summed E-state index contributed by atoms with van der Waals surface area (Å²) in [5.74, 6) is -2.23. The molecule has 0 saturated carbocycles. The number of hydrogen-bond acceptors (Lipinski definition) is 6. The number of esters is 1. The number of amides is 1. The van der Waals surface area contributed by atoms with Crippen LogP contribution in [0.2, 0.25) is 0 Å². The quantitative estimate of drug-likeness (QED) is 0.775. The lowest BCUT2D eigenvalue weighted by atomic mass is 9.94. The van der Waals surface area contributed by atoms with Gasteiger partial charge in [0.25, 0.3) is 5.56 Å². The molecule has 0 aliphatic carbocycles. The molecule has 3 heterocycles. The topological polar surface area (TPSA) is 95.9 Å². The number of nitrogens with one attached hydrogen (secondary N) is 1. The van der Waals surface area contributed by atoms with E-state index in [2.05, 4.69) is 5.32 Å². The Kier molecular flexibility index (Phi) is 5.15. The van der Waals surface area contributed by atoms with Gasteiger partial charge in [-0.3, -0.25) is 14.4 Å². The van der Waals surface area contributed by atoms with Gasteiger partial charge in [0, 0.05) is 32.0 Å². The van der Waals surface area contributed by atoms with Crippen LogP contribution >= 0.6 is 0 Å². The number of nitrogens with zero attached hydrogens (tertiary/aromatic N) is 1. The number of carbonyl (C=O) groups excluding carboxylic acids is 2. The molecule has 2 aliphatic rings. The molecule has 8 heteroatoms. The summed E-state index contributed by atoms with van der Waals surface area (Å²) in [6, 6.07) is 1.79. The summed E-state index contributed by atoms with van der Waals surface area (Å²) in [5.41, 5.74) is 1.31. The Morgan fingerprint density at radius 3 is 2.69 bits per heavy atom. The van der Waals surface area contributed by atoms with Crippen molar-refractivity contribution in [3.8, 4) is 0 Å². The van der Waals surface area contributed by atoms with Crippen LogP contribution in [0.25, 0.3) is 0 Å². The molecule has 1 N–H and O–H groups in total. The van der Waals surface area contributed by atoms with E-state index in [-0.39, 0.29) is 24.6 Å². The van der Waals surface area contributed by atoms with E-state index in [1.807, 2.05) is 0 Å². The van der Waals surface area contributed by atoms with Crippen molar-refractivity contribution in [3.63, 3.8) is 0 Å². The Hall–Kier alpha value is -2.19. The Bertz CT molecular complexity index is 779. The third kappa shape index (κ3) is 3.14. The van der Waals surface area contributed by atoms with E-state index < -0.39 is 17.7 Å². The molecule has 26 heavy (non-hydrogen) atoms. The second kappa shape index (κ2) is 7.20. The van der Waals surface area contributed by atoms with Crippen molar-refractivity contribution < 1.29 is 23.8 Å². The lowest BCUT2D eigenvalue weighted by Gasteiger charge is -2.24. The molecular weight excluding hydrogens is 340 g/mol. The summed E-state index contributed by atoms with van der Waals surface area (Å²) in [6.07, 6.45) is 0.541. The number of fused-ring (bicyclic) bond motifs is 2. The van der Waals surface area contributed by atoms with Gasteiger partial charge in [-0.25, -0.2) is 0 Å². The van der Waals surface area contributed by atoms with E-state index in [1.165, 1.54) is 6.92 Å².